The number of rotatable bonds is 4. The molecule has 2 heterocycles. The molecule has 0 fully saturated rings. The lowest BCUT2D eigenvalue weighted by Crippen LogP contribution is -2.00. The molecule has 30 heavy (non-hydrogen) atoms. The minimum Gasteiger partial charge on any atom is -0.508 e. The van der Waals surface area contributed by atoms with E-state index in [4.69, 9.17) is 5.10 Å². The van der Waals surface area contributed by atoms with Gasteiger partial charge < -0.3 is 5.11 Å². The number of nitrogens with zero attached hydrogens (tertiary/aromatic N) is 3. The first-order valence-corrected chi connectivity index (χ1v) is 9.77. The van der Waals surface area contributed by atoms with Gasteiger partial charge in [-0.2, -0.15) is 5.10 Å². The normalized spacial score (nSPS) is 14.3. The summed E-state index contributed by atoms with van der Waals surface area (Å²) in [6.45, 7) is 0.631. The summed E-state index contributed by atoms with van der Waals surface area (Å²) in [4.78, 5) is 17.1. The van der Waals surface area contributed by atoms with Crippen molar-refractivity contribution in [2.75, 3.05) is 0 Å². The van der Waals surface area contributed by atoms with E-state index in [9.17, 15) is 9.90 Å². The van der Waals surface area contributed by atoms with Crippen LogP contribution in [0.3, 0.4) is 0 Å². The van der Waals surface area contributed by atoms with Crippen LogP contribution in [0, 0.1) is 0 Å². The van der Waals surface area contributed by atoms with Gasteiger partial charge in [0.2, 0.25) is 0 Å². The number of benzene rings is 2. The van der Waals surface area contributed by atoms with Crippen LogP contribution < -0.4 is 0 Å². The predicted molar refractivity (Wildman–Crippen MR) is 115 cm³/mol. The van der Waals surface area contributed by atoms with Gasteiger partial charge >= 0.3 is 0 Å². The maximum absolute atomic E-state index is 12.9. The summed E-state index contributed by atoms with van der Waals surface area (Å²) in [7, 11) is 0. The lowest BCUT2D eigenvalue weighted by molar-refractivity contribution is 0.104. The maximum Gasteiger partial charge on any atom is 0.189 e. The van der Waals surface area contributed by atoms with Crippen molar-refractivity contribution in [3.63, 3.8) is 0 Å². The zero-order chi connectivity index (χ0) is 20.5. The molecule has 2 aromatic carbocycles. The van der Waals surface area contributed by atoms with E-state index in [2.05, 4.69) is 17.1 Å². The fraction of sp³-hybridized carbons (Fsp3) is 0.0800. The van der Waals surface area contributed by atoms with Crippen LogP contribution in [0.15, 0.2) is 84.8 Å². The van der Waals surface area contributed by atoms with E-state index in [1.165, 1.54) is 0 Å². The third kappa shape index (κ3) is 3.31. The molecule has 0 bridgehead atoms. The number of hydrogen-bond donors (Lipinski definition) is 1. The van der Waals surface area contributed by atoms with Crippen molar-refractivity contribution in [3.05, 3.63) is 107 Å². The number of pyridine rings is 1. The number of Topliss-reactive ketones (excluding diaryl/α,β-unsaturated/α-hetero) is 1. The molecule has 0 saturated heterocycles. The van der Waals surface area contributed by atoms with Crippen LogP contribution in [0.1, 0.15) is 27.0 Å². The average Bonchev–Trinajstić information content (AvgIpc) is 3.32. The summed E-state index contributed by atoms with van der Waals surface area (Å²) in [5, 5.41) is 14.9. The summed E-state index contributed by atoms with van der Waals surface area (Å²) in [5.41, 5.74) is 5.58. The minimum absolute atomic E-state index is 0.0474. The molecule has 1 aliphatic carbocycles. The Balaban J connectivity index is 1.56. The Hall–Kier alpha value is -3.99. The van der Waals surface area contributed by atoms with Crippen molar-refractivity contribution in [2.24, 2.45) is 0 Å². The highest BCUT2D eigenvalue weighted by atomic mass is 16.3. The number of fused-ring (bicyclic) bond motifs is 1. The van der Waals surface area contributed by atoms with Crippen LogP contribution in [-0.4, -0.2) is 25.7 Å². The zero-order valence-corrected chi connectivity index (χ0v) is 16.2. The molecule has 0 spiro atoms. The number of aromatic nitrogens is 3. The number of aromatic hydroxyl groups is 1. The lowest BCUT2D eigenvalue weighted by Gasteiger charge is -2.01. The summed E-state index contributed by atoms with van der Waals surface area (Å²) < 4.78 is 1.88. The van der Waals surface area contributed by atoms with Crippen molar-refractivity contribution < 1.29 is 9.90 Å². The van der Waals surface area contributed by atoms with Gasteiger partial charge in [-0.3, -0.25) is 14.5 Å². The Morgan fingerprint density at radius 3 is 2.67 bits per heavy atom. The Bertz CT molecular complexity index is 1260. The molecule has 1 N–H and O–H groups in total. The van der Waals surface area contributed by atoms with Crippen LogP contribution in [0.2, 0.25) is 0 Å². The van der Waals surface area contributed by atoms with Crippen molar-refractivity contribution in [2.45, 2.75) is 13.0 Å². The fourth-order valence-corrected chi connectivity index (χ4v) is 3.84. The smallest absolute Gasteiger partial charge is 0.189 e. The van der Waals surface area contributed by atoms with Gasteiger partial charge in [0.15, 0.2) is 5.78 Å². The second-order valence-corrected chi connectivity index (χ2v) is 7.34. The Kier molecular flexibility index (Phi) is 4.48. The van der Waals surface area contributed by atoms with E-state index in [1.807, 2.05) is 47.3 Å². The topological polar surface area (TPSA) is 68.0 Å². The molecule has 0 radical (unpaired) electrons. The number of hydrogen-bond acceptors (Lipinski definition) is 4. The van der Waals surface area contributed by atoms with Gasteiger partial charge in [-0.1, -0.05) is 42.5 Å². The quantitative estimate of drug-likeness (QED) is 0.518. The molecule has 5 heteroatoms. The zero-order valence-electron chi connectivity index (χ0n) is 16.2. The molecule has 5 nitrogen and oxygen atoms in total. The predicted octanol–water partition coefficient (Wildman–Crippen LogP) is 4.52. The molecule has 0 aliphatic heterocycles. The molecular weight excluding hydrogens is 374 g/mol. The van der Waals surface area contributed by atoms with Gasteiger partial charge in [0, 0.05) is 52.8 Å². The largest absolute Gasteiger partial charge is 0.508 e. The highest BCUT2D eigenvalue weighted by Gasteiger charge is 2.27. The fourth-order valence-electron chi connectivity index (χ4n) is 3.84. The Morgan fingerprint density at radius 2 is 1.90 bits per heavy atom. The number of carbonyl (C=O) groups excluding carboxylic acids is 1. The first kappa shape index (κ1) is 18.1. The second kappa shape index (κ2) is 7.44. The molecule has 2 aromatic heterocycles. The lowest BCUT2D eigenvalue weighted by atomic mass is 10.1. The highest BCUT2D eigenvalue weighted by Crippen LogP contribution is 2.34. The molecule has 146 valence electrons. The number of allylic oxidation sites excluding steroid dienone is 1. The van der Waals surface area contributed by atoms with Crippen LogP contribution >= 0.6 is 0 Å². The number of carbonyl (C=O) groups is 1. The van der Waals surface area contributed by atoms with Gasteiger partial charge in [0.25, 0.3) is 0 Å². The van der Waals surface area contributed by atoms with Crippen LogP contribution in [0.4, 0.5) is 0 Å². The molecule has 4 aromatic rings. The third-order valence-electron chi connectivity index (χ3n) is 5.30. The Morgan fingerprint density at radius 1 is 1.03 bits per heavy atom. The standard InChI is InChI=1S/C25H19N3O2/c29-23-10-4-9-21-22(23)13-19(25(21)30)12-20-16-28(15-17-6-2-1-3-7-17)27-24(20)18-8-5-11-26-14-18/h1-12,14,16,29H,13,15H2/b19-12-. The van der Waals surface area contributed by atoms with Crippen molar-refractivity contribution in [1.29, 1.82) is 0 Å². The maximum atomic E-state index is 12.9. The van der Waals surface area contributed by atoms with Crippen molar-refractivity contribution in [1.82, 2.24) is 14.8 Å². The third-order valence-corrected chi connectivity index (χ3v) is 5.30. The van der Waals surface area contributed by atoms with Gasteiger partial charge in [-0.05, 0) is 29.8 Å². The number of ketones is 1. The van der Waals surface area contributed by atoms with Crippen LogP contribution in [-0.2, 0) is 13.0 Å². The molecule has 0 amide bonds. The van der Waals surface area contributed by atoms with Crippen LogP contribution in [0.5, 0.6) is 5.75 Å². The minimum atomic E-state index is -0.0474. The molecule has 0 unspecified atom stereocenters. The first-order chi connectivity index (χ1) is 14.7. The molecule has 0 atom stereocenters. The number of phenolic OH excluding ortho intramolecular Hbond substituents is 1. The first-order valence-electron chi connectivity index (χ1n) is 9.77. The van der Waals surface area contributed by atoms with Crippen LogP contribution in [0.25, 0.3) is 17.3 Å². The van der Waals surface area contributed by atoms with E-state index < -0.39 is 0 Å². The molecule has 5 rings (SSSR count). The molecule has 1 aliphatic rings. The Labute approximate surface area is 174 Å². The molecule has 0 saturated carbocycles. The summed E-state index contributed by atoms with van der Waals surface area (Å²) in [6.07, 6.45) is 7.75. The van der Waals surface area contributed by atoms with E-state index in [0.717, 1.165) is 22.4 Å². The van der Waals surface area contributed by atoms with E-state index >= 15 is 0 Å². The van der Waals surface area contributed by atoms with Gasteiger partial charge in [-0.15, -0.1) is 0 Å². The van der Waals surface area contributed by atoms with Gasteiger partial charge in [0.05, 0.1) is 6.54 Å². The summed E-state index contributed by atoms with van der Waals surface area (Å²) in [6, 6.07) is 19.0. The molecular formula is C25H19N3O2. The van der Waals surface area contributed by atoms with Crippen molar-refractivity contribution in [3.8, 4) is 17.0 Å². The van der Waals surface area contributed by atoms with E-state index in [0.29, 0.717) is 29.7 Å². The van der Waals surface area contributed by atoms with Gasteiger partial charge in [-0.25, -0.2) is 0 Å². The monoisotopic (exact) mass is 393 g/mol. The van der Waals surface area contributed by atoms with E-state index in [1.54, 1.807) is 30.6 Å². The SMILES string of the molecule is O=C1/C(=C\c2cn(Cc3ccccc3)nc2-c2cccnc2)Cc2c(O)cccc21. The summed E-state index contributed by atoms with van der Waals surface area (Å²) in [5.74, 6) is 0.116. The second-order valence-electron chi connectivity index (χ2n) is 7.34. The van der Waals surface area contributed by atoms with E-state index in [-0.39, 0.29) is 11.5 Å². The average molecular weight is 393 g/mol. The summed E-state index contributed by atoms with van der Waals surface area (Å²) >= 11 is 0. The highest BCUT2D eigenvalue weighted by molar-refractivity contribution is 6.16. The number of phenols is 1. The van der Waals surface area contributed by atoms with Crippen molar-refractivity contribution >= 4 is 11.9 Å². The van der Waals surface area contributed by atoms with Gasteiger partial charge in [0.1, 0.15) is 11.4 Å².